The van der Waals surface area contributed by atoms with Gasteiger partial charge in [-0.2, -0.15) is 0 Å². The minimum atomic E-state index is -0.399. The minimum absolute atomic E-state index is 0.0677. The first kappa shape index (κ1) is 23.6. The van der Waals surface area contributed by atoms with Gasteiger partial charge in [0.15, 0.2) is 5.17 Å². The van der Waals surface area contributed by atoms with Crippen LogP contribution in [0.2, 0.25) is 0 Å². The third-order valence-corrected chi connectivity index (χ3v) is 7.00. The molecule has 3 aliphatic heterocycles. The number of ether oxygens (including phenoxy) is 2. The van der Waals surface area contributed by atoms with E-state index in [4.69, 9.17) is 14.5 Å². The van der Waals surface area contributed by atoms with Gasteiger partial charge in [-0.3, -0.25) is 4.79 Å². The fourth-order valence-corrected chi connectivity index (χ4v) is 5.49. The molecule has 1 fully saturated rings. The number of hydrogen-bond donors (Lipinski definition) is 1. The normalized spacial score (nSPS) is 22.1. The van der Waals surface area contributed by atoms with Gasteiger partial charge in [-0.1, -0.05) is 35.5 Å². The van der Waals surface area contributed by atoms with E-state index < -0.39 is 6.04 Å². The first-order chi connectivity index (χ1) is 15.9. The first-order valence-corrected chi connectivity index (χ1v) is 12.3. The van der Waals surface area contributed by atoms with Gasteiger partial charge in [0, 0.05) is 18.8 Å². The SMILES string of the molecule is CCOC(=O)C1=C(C)N=C2SC=C(CC(=O)NC[C@@H]3CCCO3)N2[C@@H]1c1ccc(C)cc1C. The predicted molar refractivity (Wildman–Crippen MR) is 130 cm³/mol. The van der Waals surface area contributed by atoms with E-state index in [-0.39, 0.29) is 31.0 Å². The number of thioether (sulfide) groups is 1. The zero-order valence-corrected chi connectivity index (χ0v) is 20.5. The maximum atomic E-state index is 13.0. The van der Waals surface area contributed by atoms with Gasteiger partial charge in [-0.25, -0.2) is 9.79 Å². The van der Waals surface area contributed by atoms with E-state index in [1.165, 1.54) is 11.8 Å². The molecule has 3 heterocycles. The van der Waals surface area contributed by atoms with Crippen LogP contribution in [0.25, 0.3) is 0 Å². The molecule has 3 aliphatic rings. The second-order valence-electron chi connectivity index (χ2n) is 8.59. The van der Waals surface area contributed by atoms with E-state index in [1.807, 2.05) is 37.1 Å². The lowest BCUT2D eigenvalue weighted by molar-refractivity contribution is -0.139. The van der Waals surface area contributed by atoms with Crippen molar-refractivity contribution in [3.8, 4) is 0 Å². The zero-order chi connectivity index (χ0) is 23.5. The topological polar surface area (TPSA) is 80.2 Å². The number of carbonyl (C=O) groups is 2. The summed E-state index contributed by atoms with van der Waals surface area (Å²) in [6.45, 7) is 9.31. The molecule has 1 aromatic carbocycles. The smallest absolute Gasteiger partial charge is 0.338 e. The number of allylic oxidation sites excluding steroid dienone is 1. The number of rotatable bonds is 7. The summed E-state index contributed by atoms with van der Waals surface area (Å²) in [6, 6.07) is 5.82. The summed E-state index contributed by atoms with van der Waals surface area (Å²) in [5, 5.41) is 5.73. The van der Waals surface area contributed by atoms with Crippen LogP contribution in [0.3, 0.4) is 0 Å². The number of nitrogens with zero attached hydrogens (tertiary/aromatic N) is 2. The number of esters is 1. The number of amides is 1. The Morgan fingerprint density at radius 3 is 2.82 bits per heavy atom. The van der Waals surface area contributed by atoms with Crippen LogP contribution in [-0.4, -0.2) is 47.8 Å². The largest absolute Gasteiger partial charge is 0.463 e. The molecule has 0 saturated carbocycles. The predicted octanol–water partition coefficient (Wildman–Crippen LogP) is 4.13. The number of carbonyl (C=O) groups excluding carboxylic acids is 2. The van der Waals surface area contributed by atoms with Crippen LogP contribution in [-0.2, 0) is 19.1 Å². The highest BCUT2D eigenvalue weighted by atomic mass is 32.2. The second kappa shape index (κ2) is 10.1. The fraction of sp³-hybridized carbons (Fsp3) is 0.480. The summed E-state index contributed by atoms with van der Waals surface area (Å²) in [5.41, 5.74) is 5.22. The summed E-state index contributed by atoms with van der Waals surface area (Å²) >= 11 is 1.48. The summed E-state index contributed by atoms with van der Waals surface area (Å²) < 4.78 is 11.0. The highest BCUT2D eigenvalue weighted by molar-refractivity contribution is 8.16. The van der Waals surface area contributed by atoms with E-state index in [0.717, 1.165) is 47.0 Å². The molecule has 1 saturated heterocycles. The lowest BCUT2D eigenvalue weighted by Crippen LogP contribution is -2.39. The number of fused-ring (bicyclic) bond motifs is 1. The van der Waals surface area contributed by atoms with Crippen molar-refractivity contribution in [3.05, 3.63) is 57.3 Å². The third kappa shape index (κ3) is 5.01. The number of amidine groups is 1. The molecule has 0 radical (unpaired) electrons. The van der Waals surface area contributed by atoms with Crippen LogP contribution < -0.4 is 5.32 Å². The van der Waals surface area contributed by atoms with Crippen LogP contribution in [0.15, 0.2) is 45.6 Å². The number of aliphatic imine (C=N–C) groups is 1. The van der Waals surface area contributed by atoms with Gasteiger partial charge in [0.2, 0.25) is 5.91 Å². The molecule has 7 nitrogen and oxygen atoms in total. The molecule has 1 amide bonds. The molecule has 33 heavy (non-hydrogen) atoms. The Bertz CT molecular complexity index is 1040. The zero-order valence-electron chi connectivity index (χ0n) is 19.6. The Labute approximate surface area is 199 Å². The quantitative estimate of drug-likeness (QED) is 0.605. The van der Waals surface area contributed by atoms with Crippen molar-refractivity contribution in [1.29, 1.82) is 0 Å². The molecule has 8 heteroatoms. The maximum Gasteiger partial charge on any atom is 0.338 e. The van der Waals surface area contributed by atoms with Gasteiger partial charge in [0.05, 0.1) is 36.4 Å². The van der Waals surface area contributed by atoms with E-state index in [0.29, 0.717) is 17.8 Å². The van der Waals surface area contributed by atoms with Gasteiger partial charge < -0.3 is 19.7 Å². The molecule has 0 unspecified atom stereocenters. The van der Waals surface area contributed by atoms with E-state index in [9.17, 15) is 9.59 Å². The molecule has 0 aromatic heterocycles. The molecule has 4 rings (SSSR count). The minimum Gasteiger partial charge on any atom is -0.463 e. The van der Waals surface area contributed by atoms with Gasteiger partial charge >= 0.3 is 5.97 Å². The molecule has 1 N–H and O–H groups in total. The summed E-state index contributed by atoms with van der Waals surface area (Å²) in [5.74, 6) is -0.441. The monoisotopic (exact) mass is 469 g/mol. The van der Waals surface area contributed by atoms with Crippen LogP contribution in [0, 0.1) is 13.8 Å². The lowest BCUT2D eigenvalue weighted by atomic mass is 9.90. The Kier molecular flexibility index (Phi) is 7.24. The first-order valence-electron chi connectivity index (χ1n) is 11.5. The van der Waals surface area contributed by atoms with Crippen molar-refractivity contribution in [2.24, 2.45) is 4.99 Å². The van der Waals surface area contributed by atoms with Crippen LogP contribution >= 0.6 is 11.8 Å². The average Bonchev–Trinajstić information content (AvgIpc) is 3.42. The van der Waals surface area contributed by atoms with E-state index >= 15 is 0 Å². The van der Waals surface area contributed by atoms with Crippen molar-refractivity contribution >= 4 is 28.8 Å². The number of hydrogen-bond acceptors (Lipinski definition) is 7. The van der Waals surface area contributed by atoms with Gasteiger partial charge in [-0.15, -0.1) is 0 Å². The molecular weight excluding hydrogens is 438 g/mol. The maximum absolute atomic E-state index is 13.0. The van der Waals surface area contributed by atoms with Crippen LogP contribution in [0.1, 0.15) is 55.8 Å². The molecule has 1 aromatic rings. The lowest BCUT2D eigenvalue weighted by Gasteiger charge is -2.37. The van der Waals surface area contributed by atoms with Crippen LogP contribution in [0.4, 0.5) is 0 Å². The molecule has 0 spiro atoms. The fourth-order valence-electron chi connectivity index (χ4n) is 4.53. The van der Waals surface area contributed by atoms with Gasteiger partial charge in [-0.05, 0) is 57.1 Å². The van der Waals surface area contributed by atoms with E-state index in [1.54, 1.807) is 6.92 Å². The van der Waals surface area contributed by atoms with Gasteiger partial charge in [0.25, 0.3) is 0 Å². The highest BCUT2D eigenvalue weighted by Crippen LogP contribution is 2.45. The average molecular weight is 470 g/mol. The number of benzene rings is 1. The van der Waals surface area contributed by atoms with Crippen molar-refractivity contribution in [1.82, 2.24) is 10.2 Å². The van der Waals surface area contributed by atoms with Gasteiger partial charge in [0.1, 0.15) is 0 Å². The van der Waals surface area contributed by atoms with Crippen LogP contribution in [0.5, 0.6) is 0 Å². The van der Waals surface area contributed by atoms with Crippen molar-refractivity contribution < 1.29 is 19.1 Å². The molecule has 176 valence electrons. The standard InChI is InChI=1S/C25H31N3O4S/c1-5-31-24(30)22-17(4)27-25-28(23(22)20-9-8-15(2)11-16(20)3)18(14-33-25)12-21(29)26-13-19-7-6-10-32-19/h8-9,11,14,19,23H,5-7,10,12-13H2,1-4H3,(H,26,29)/t19-,23+/m0/s1. The Balaban J connectivity index is 1.63. The molecule has 2 atom stereocenters. The van der Waals surface area contributed by atoms with Crippen molar-refractivity contribution in [2.45, 2.75) is 59.1 Å². The summed E-state index contributed by atoms with van der Waals surface area (Å²) in [6.07, 6.45) is 2.31. The Morgan fingerprint density at radius 1 is 1.30 bits per heavy atom. The second-order valence-corrected chi connectivity index (χ2v) is 9.43. The number of aryl methyl sites for hydroxylation is 2. The Morgan fingerprint density at radius 2 is 2.12 bits per heavy atom. The van der Waals surface area contributed by atoms with Crippen molar-refractivity contribution in [2.75, 3.05) is 19.8 Å². The highest BCUT2D eigenvalue weighted by Gasteiger charge is 2.41. The molecule has 0 aliphatic carbocycles. The van der Waals surface area contributed by atoms with Crippen molar-refractivity contribution in [3.63, 3.8) is 0 Å². The van der Waals surface area contributed by atoms with E-state index in [2.05, 4.69) is 17.4 Å². The third-order valence-electron chi connectivity index (χ3n) is 6.11. The Hall–Kier alpha value is -2.58. The summed E-state index contributed by atoms with van der Waals surface area (Å²) in [4.78, 5) is 32.5. The molecule has 0 bridgehead atoms. The summed E-state index contributed by atoms with van der Waals surface area (Å²) in [7, 11) is 0. The molecular formula is C25H31N3O4S. The number of nitrogens with one attached hydrogen (secondary N) is 1.